The van der Waals surface area contributed by atoms with Crippen LogP contribution in [0.3, 0.4) is 0 Å². The fourth-order valence-corrected chi connectivity index (χ4v) is 1.33. The minimum atomic E-state index is 0.206. The Kier molecular flexibility index (Phi) is 7.59. The molecule has 0 nitrogen and oxygen atoms in total. The monoisotopic (exact) mass is 298 g/mol. The normalized spacial score (nSPS) is 14.9. The first kappa shape index (κ1) is 20.4. The van der Waals surface area contributed by atoms with Crippen molar-refractivity contribution in [2.75, 3.05) is 0 Å². The summed E-state index contributed by atoms with van der Waals surface area (Å²) in [7, 11) is 0. The van der Waals surface area contributed by atoms with E-state index >= 15 is 0 Å². The summed E-state index contributed by atoms with van der Waals surface area (Å²) in [5, 5.41) is 0. The van der Waals surface area contributed by atoms with E-state index in [1.54, 1.807) is 0 Å². The van der Waals surface area contributed by atoms with Crippen molar-refractivity contribution in [1.29, 1.82) is 0 Å². The van der Waals surface area contributed by atoms with E-state index in [-0.39, 0.29) is 10.8 Å². The van der Waals surface area contributed by atoms with Crippen molar-refractivity contribution in [2.45, 2.75) is 55.4 Å². The average molecular weight is 299 g/mol. The Hall–Kier alpha value is -1.56. The molecule has 0 saturated carbocycles. The lowest BCUT2D eigenvalue weighted by Gasteiger charge is -2.18. The average Bonchev–Trinajstić information content (AvgIpc) is 2.35. The van der Waals surface area contributed by atoms with Crippen molar-refractivity contribution in [3.05, 3.63) is 71.9 Å². The molecule has 0 bridgehead atoms. The lowest BCUT2D eigenvalue weighted by molar-refractivity contribution is 0.504. The van der Waals surface area contributed by atoms with Gasteiger partial charge in [-0.05, 0) is 35.8 Å². The summed E-state index contributed by atoms with van der Waals surface area (Å²) in [5.41, 5.74) is 4.99. The number of hydrogen-bond donors (Lipinski definition) is 0. The van der Waals surface area contributed by atoms with Crippen molar-refractivity contribution < 1.29 is 0 Å². The Morgan fingerprint density at radius 3 is 1.14 bits per heavy atom. The van der Waals surface area contributed by atoms with Crippen molar-refractivity contribution >= 4 is 0 Å². The summed E-state index contributed by atoms with van der Waals surface area (Å²) >= 11 is 0. The molecule has 0 aromatic heterocycles. The minimum absolute atomic E-state index is 0.206. The summed E-state index contributed by atoms with van der Waals surface area (Å²) in [4.78, 5) is 0. The molecule has 0 aromatic rings. The second-order valence-electron chi connectivity index (χ2n) is 7.97. The Labute approximate surface area is 138 Å². The highest BCUT2D eigenvalue weighted by atomic mass is 14.2. The third-order valence-corrected chi connectivity index (χ3v) is 4.07. The summed E-state index contributed by atoms with van der Waals surface area (Å²) in [5.74, 6) is 0. The number of allylic oxidation sites excluding steroid dienone is 10. The van der Waals surface area contributed by atoms with Gasteiger partial charge in [0.15, 0.2) is 0 Å². The van der Waals surface area contributed by atoms with E-state index in [0.717, 1.165) is 11.1 Å². The quantitative estimate of drug-likeness (QED) is 0.471. The van der Waals surface area contributed by atoms with Gasteiger partial charge in [-0.3, -0.25) is 0 Å². The van der Waals surface area contributed by atoms with E-state index in [1.165, 1.54) is 11.1 Å². The van der Waals surface area contributed by atoms with E-state index in [4.69, 9.17) is 0 Å². The van der Waals surface area contributed by atoms with E-state index in [2.05, 4.69) is 92.9 Å². The SMILES string of the molecule is C=C(/C=C\C=C(/C)C(C)(C)C)C(=C)/C=C\C=C(/C)C(C)(C)C. The molecule has 0 saturated heterocycles. The zero-order valence-corrected chi connectivity index (χ0v) is 15.9. The third kappa shape index (κ3) is 8.02. The number of hydrogen-bond acceptors (Lipinski definition) is 0. The molecule has 0 N–H and O–H groups in total. The van der Waals surface area contributed by atoms with Crippen molar-refractivity contribution in [1.82, 2.24) is 0 Å². The highest BCUT2D eigenvalue weighted by molar-refractivity contribution is 5.44. The molecule has 0 atom stereocenters. The van der Waals surface area contributed by atoms with E-state index in [1.807, 2.05) is 12.2 Å². The van der Waals surface area contributed by atoms with Crippen LogP contribution in [-0.4, -0.2) is 0 Å². The van der Waals surface area contributed by atoms with Gasteiger partial charge in [0.1, 0.15) is 0 Å². The van der Waals surface area contributed by atoms with Gasteiger partial charge < -0.3 is 0 Å². The van der Waals surface area contributed by atoms with Gasteiger partial charge in [-0.25, -0.2) is 0 Å². The molecule has 0 aliphatic heterocycles. The van der Waals surface area contributed by atoms with Crippen molar-refractivity contribution in [2.24, 2.45) is 10.8 Å². The smallest absolute Gasteiger partial charge is 0.0173 e. The van der Waals surface area contributed by atoms with Crippen LogP contribution in [0.4, 0.5) is 0 Å². The van der Waals surface area contributed by atoms with Crippen LogP contribution in [0, 0.1) is 10.8 Å². The maximum atomic E-state index is 4.07. The molecular formula is C22H34. The molecule has 0 heteroatoms. The van der Waals surface area contributed by atoms with Crippen molar-refractivity contribution in [3.63, 3.8) is 0 Å². The van der Waals surface area contributed by atoms with Gasteiger partial charge in [0.25, 0.3) is 0 Å². The van der Waals surface area contributed by atoms with Crippen molar-refractivity contribution in [3.8, 4) is 0 Å². The van der Waals surface area contributed by atoms with Crippen LogP contribution >= 0.6 is 0 Å². The molecule has 0 aromatic carbocycles. The molecule has 0 spiro atoms. The highest BCUT2D eigenvalue weighted by Crippen LogP contribution is 2.25. The summed E-state index contributed by atoms with van der Waals surface area (Å²) < 4.78 is 0. The van der Waals surface area contributed by atoms with Crippen LogP contribution in [0.15, 0.2) is 71.9 Å². The summed E-state index contributed by atoms with van der Waals surface area (Å²) in [6.45, 7) is 25.7. The molecule has 0 amide bonds. The highest BCUT2D eigenvalue weighted by Gasteiger charge is 2.11. The molecule has 0 heterocycles. The first-order chi connectivity index (χ1) is 9.85. The Balaban J connectivity index is 4.75. The van der Waals surface area contributed by atoms with Crippen LogP contribution in [0.25, 0.3) is 0 Å². The molecule has 0 fully saturated rings. The van der Waals surface area contributed by atoms with Crippen LogP contribution in [0.2, 0.25) is 0 Å². The Morgan fingerprint density at radius 2 is 0.909 bits per heavy atom. The number of rotatable bonds is 5. The predicted octanol–water partition coefficient (Wildman–Crippen LogP) is 7.20. The van der Waals surface area contributed by atoms with Gasteiger partial charge in [-0.1, -0.05) is 102 Å². The summed E-state index contributed by atoms with van der Waals surface area (Å²) in [6.07, 6.45) is 12.4. The zero-order valence-electron chi connectivity index (χ0n) is 15.9. The largest absolute Gasteiger partial charge is 0.0912 e. The van der Waals surface area contributed by atoms with E-state index in [9.17, 15) is 0 Å². The molecular weight excluding hydrogens is 264 g/mol. The fraction of sp³-hybridized carbons (Fsp3) is 0.455. The Morgan fingerprint density at radius 1 is 0.636 bits per heavy atom. The third-order valence-electron chi connectivity index (χ3n) is 4.07. The Bertz CT molecular complexity index is 467. The molecule has 0 radical (unpaired) electrons. The van der Waals surface area contributed by atoms with Gasteiger partial charge in [0.05, 0.1) is 0 Å². The van der Waals surface area contributed by atoms with E-state index < -0.39 is 0 Å². The maximum Gasteiger partial charge on any atom is -0.0173 e. The van der Waals surface area contributed by atoms with Gasteiger partial charge in [-0.2, -0.15) is 0 Å². The molecule has 0 aliphatic rings. The van der Waals surface area contributed by atoms with Gasteiger partial charge >= 0.3 is 0 Å². The molecule has 22 heavy (non-hydrogen) atoms. The van der Waals surface area contributed by atoms with Gasteiger partial charge in [0.2, 0.25) is 0 Å². The lowest BCUT2D eigenvalue weighted by atomic mass is 9.87. The first-order valence-corrected chi connectivity index (χ1v) is 7.95. The fourth-order valence-electron chi connectivity index (χ4n) is 1.33. The zero-order chi connectivity index (χ0) is 17.6. The second kappa shape index (κ2) is 8.17. The predicted molar refractivity (Wildman–Crippen MR) is 103 cm³/mol. The van der Waals surface area contributed by atoms with E-state index in [0.29, 0.717) is 0 Å². The van der Waals surface area contributed by atoms with Crippen LogP contribution in [-0.2, 0) is 0 Å². The molecule has 0 aliphatic carbocycles. The first-order valence-electron chi connectivity index (χ1n) is 7.95. The topological polar surface area (TPSA) is 0 Å². The minimum Gasteiger partial charge on any atom is -0.0912 e. The summed E-state index contributed by atoms with van der Waals surface area (Å²) in [6, 6.07) is 0. The standard InChI is InChI=1S/C22H34/c1-17(13-11-15-19(3)21(5,6)7)18(2)14-12-16-20(4)22(8,9)10/h11-16H,1-2H2,3-10H3/b13-11-,14-12-,19-15+,20-16+. The van der Waals surface area contributed by atoms with Crippen LogP contribution in [0.1, 0.15) is 55.4 Å². The van der Waals surface area contributed by atoms with Gasteiger partial charge in [0, 0.05) is 0 Å². The molecule has 122 valence electrons. The maximum absolute atomic E-state index is 4.07. The van der Waals surface area contributed by atoms with Gasteiger partial charge in [-0.15, -0.1) is 0 Å². The van der Waals surface area contributed by atoms with Crippen LogP contribution in [0.5, 0.6) is 0 Å². The molecule has 0 unspecified atom stereocenters. The lowest BCUT2D eigenvalue weighted by Crippen LogP contribution is -2.05. The van der Waals surface area contributed by atoms with Crippen LogP contribution < -0.4 is 0 Å². The second-order valence-corrected chi connectivity index (χ2v) is 7.97. The molecule has 0 rings (SSSR count).